The van der Waals surface area contributed by atoms with E-state index in [1.165, 1.54) is 6.42 Å². The predicted molar refractivity (Wildman–Crippen MR) is 66.9 cm³/mol. The highest BCUT2D eigenvalue weighted by Crippen LogP contribution is 2.37. The summed E-state index contributed by atoms with van der Waals surface area (Å²) in [6, 6.07) is 0.322. The van der Waals surface area contributed by atoms with E-state index < -0.39 is 0 Å². The minimum Gasteiger partial charge on any atom is -0.381 e. The molecule has 3 fully saturated rings. The Kier molecular flexibility index (Phi) is 3.95. The smallest absolute Gasteiger partial charge is 0.228 e. The van der Waals surface area contributed by atoms with Crippen molar-refractivity contribution < 1.29 is 9.53 Å². The van der Waals surface area contributed by atoms with Crippen LogP contribution in [0.25, 0.3) is 0 Å². The quantitative estimate of drug-likeness (QED) is 0.753. The van der Waals surface area contributed by atoms with E-state index >= 15 is 0 Å². The average molecular weight is 261 g/mol. The van der Waals surface area contributed by atoms with Crippen LogP contribution in [0.1, 0.15) is 19.3 Å². The van der Waals surface area contributed by atoms with Gasteiger partial charge in [0.05, 0.1) is 12.5 Å². The van der Waals surface area contributed by atoms with Crippen LogP contribution in [0.15, 0.2) is 0 Å². The van der Waals surface area contributed by atoms with Crippen molar-refractivity contribution in [2.75, 3.05) is 26.3 Å². The molecule has 4 unspecified atom stereocenters. The zero-order valence-corrected chi connectivity index (χ0v) is 10.8. The van der Waals surface area contributed by atoms with Crippen molar-refractivity contribution in [1.82, 2.24) is 4.90 Å². The molecule has 1 saturated carbocycles. The number of amides is 1. The number of nitrogens with two attached hydrogens (primary N) is 1. The minimum absolute atomic E-state index is 0. The molecule has 0 spiro atoms. The van der Waals surface area contributed by atoms with Gasteiger partial charge in [0.1, 0.15) is 0 Å². The van der Waals surface area contributed by atoms with Gasteiger partial charge in [0.15, 0.2) is 0 Å². The average Bonchev–Trinajstić information content (AvgIpc) is 2.96. The van der Waals surface area contributed by atoms with Gasteiger partial charge in [-0.15, -0.1) is 12.4 Å². The first-order valence-electron chi connectivity index (χ1n) is 6.38. The molecule has 0 aromatic heterocycles. The number of rotatable bonds is 1. The van der Waals surface area contributed by atoms with Crippen LogP contribution in [0.4, 0.5) is 0 Å². The van der Waals surface area contributed by atoms with E-state index in [9.17, 15) is 4.79 Å². The van der Waals surface area contributed by atoms with E-state index in [4.69, 9.17) is 10.5 Å². The van der Waals surface area contributed by atoms with Crippen LogP contribution >= 0.6 is 12.4 Å². The van der Waals surface area contributed by atoms with Crippen molar-refractivity contribution in [2.24, 2.45) is 23.5 Å². The second-order valence-electron chi connectivity index (χ2n) is 5.47. The summed E-state index contributed by atoms with van der Waals surface area (Å²) in [6.07, 6.45) is 3.25. The number of nitrogens with zero attached hydrogens (tertiary/aromatic N) is 1. The van der Waals surface area contributed by atoms with Crippen molar-refractivity contribution >= 4 is 18.3 Å². The number of carbonyl (C=O) groups is 1. The second kappa shape index (κ2) is 5.12. The molecule has 1 amide bonds. The van der Waals surface area contributed by atoms with E-state index in [0.717, 1.165) is 32.5 Å². The number of carbonyl (C=O) groups excluding carboxylic acids is 1. The summed E-state index contributed by atoms with van der Waals surface area (Å²) in [6.45, 7) is 3.20. The molecule has 0 aromatic carbocycles. The molecule has 0 bridgehead atoms. The van der Waals surface area contributed by atoms with Gasteiger partial charge in [-0.2, -0.15) is 0 Å². The normalized spacial score (nSPS) is 40.2. The van der Waals surface area contributed by atoms with Crippen molar-refractivity contribution in [1.29, 1.82) is 0 Å². The summed E-state index contributed by atoms with van der Waals surface area (Å²) < 4.78 is 5.28. The lowest BCUT2D eigenvalue weighted by Crippen LogP contribution is -2.37. The predicted octanol–water partition coefficient (Wildman–Crippen LogP) is 0.640. The Morgan fingerprint density at radius 2 is 2.06 bits per heavy atom. The van der Waals surface area contributed by atoms with E-state index in [0.29, 0.717) is 30.4 Å². The van der Waals surface area contributed by atoms with Crippen LogP contribution in [-0.2, 0) is 9.53 Å². The van der Waals surface area contributed by atoms with Gasteiger partial charge in [-0.05, 0) is 31.1 Å². The number of hydrogen-bond donors (Lipinski definition) is 1. The highest BCUT2D eigenvalue weighted by molar-refractivity contribution is 5.85. The van der Waals surface area contributed by atoms with Gasteiger partial charge in [-0.3, -0.25) is 4.79 Å². The fraction of sp³-hybridized carbons (Fsp3) is 0.917. The summed E-state index contributed by atoms with van der Waals surface area (Å²) in [7, 11) is 0. The number of fused-ring (bicyclic) bond motifs is 1. The first-order chi connectivity index (χ1) is 7.75. The van der Waals surface area contributed by atoms with Crippen LogP contribution < -0.4 is 5.73 Å². The Morgan fingerprint density at radius 1 is 1.24 bits per heavy atom. The van der Waals surface area contributed by atoms with Gasteiger partial charge >= 0.3 is 0 Å². The molecule has 98 valence electrons. The van der Waals surface area contributed by atoms with Gasteiger partial charge in [-0.25, -0.2) is 0 Å². The number of likely N-dealkylation sites (tertiary alicyclic amines) is 1. The lowest BCUT2D eigenvalue weighted by atomic mass is 9.98. The molecular formula is C12H21ClN2O2. The van der Waals surface area contributed by atoms with Crippen LogP contribution in [0.2, 0.25) is 0 Å². The highest BCUT2D eigenvalue weighted by Gasteiger charge is 2.43. The second-order valence-corrected chi connectivity index (χ2v) is 5.47. The van der Waals surface area contributed by atoms with Crippen molar-refractivity contribution in [3.63, 3.8) is 0 Å². The zero-order chi connectivity index (χ0) is 11.1. The number of hydrogen-bond acceptors (Lipinski definition) is 3. The minimum atomic E-state index is 0. The molecular weight excluding hydrogens is 240 g/mol. The monoisotopic (exact) mass is 260 g/mol. The molecule has 2 N–H and O–H groups in total. The zero-order valence-electron chi connectivity index (χ0n) is 10.0. The Bertz CT molecular complexity index is 294. The first kappa shape index (κ1) is 13.1. The van der Waals surface area contributed by atoms with Gasteiger partial charge in [0.25, 0.3) is 0 Å². The standard InChI is InChI=1S/C12H20N2O2.ClH/c13-11-2-1-8-5-14(6-10(8)11)12(15)9-3-4-16-7-9;/h8-11H,1-7,13H2;1H. The van der Waals surface area contributed by atoms with E-state index in [2.05, 4.69) is 0 Å². The molecule has 4 atom stereocenters. The van der Waals surface area contributed by atoms with Crippen LogP contribution in [0.5, 0.6) is 0 Å². The lowest BCUT2D eigenvalue weighted by Gasteiger charge is -2.21. The summed E-state index contributed by atoms with van der Waals surface area (Å²) in [5.41, 5.74) is 6.07. The molecule has 2 heterocycles. The topological polar surface area (TPSA) is 55.6 Å². The Balaban J connectivity index is 0.00000108. The molecule has 5 heteroatoms. The summed E-state index contributed by atoms with van der Waals surface area (Å²) in [4.78, 5) is 14.2. The Morgan fingerprint density at radius 3 is 2.71 bits per heavy atom. The molecule has 0 aromatic rings. The van der Waals surface area contributed by atoms with Gasteiger partial charge in [-0.1, -0.05) is 0 Å². The van der Waals surface area contributed by atoms with Crippen LogP contribution in [0.3, 0.4) is 0 Å². The van der Waals surface area contributed by atoms with Gasteiger partial charge in [0, 0.05) is 25.7 Å². The Labute approximate surface area is 108 Å². The third kappa shape index (κ3) is 2.30. The van der Waals surface area contributed by atoms with Crippen LogP contribution in [0, 0.1) is 17.8 Å². The lowest BCUT2D eigenvalue weighted by molar-refractivity contribution is -0.134. The fourth-order valence-electron chi connectivity index (χ4n) is 3.47. The SMILES string of the molecule is Cl.NC1CCC2CN(C(=O)C3CCOC3)CC12. The molecule has 3 aliphatic rings. The van der Waals surface area contributed by atoms with Gasteiger partial charge in [0.2, 0.25) is 5.91 Å². The third-order valence-electron chi connectivity index (χ3n) is 4.50. The summed E-state index contributed by atoms with van der Waals surface area (Å²) in [5, 5.41) is 0. The molecule has 2 aliphatic heterocycles. The van der Waals surface area contributed by atoms with Crippen molar-refractivity contribution in [2.45, 2.75) is 25.3 Å². The van der Waals surface area contributed by atoms with E-state index in [1.54, 1.807) is 0 Å². The maximum absolute atomic E-state index is 12.2. The van der Waals surface area contributed by atoms with Crippen LogP contribution in [-0.4, -0.2) is 43.2 Å². The molecule has 3 rings (SSSR count). The fourth-order valence-corrected chi connectivity index (χ4v) is 3.47. The summed E-state index contributed by atoms with van der Waals surface area (Å²) in [5.74, 6) is 1.65. The van der Waals surface area contributed by atoms with E-state index in [1.807, 2.05) is 4.90 Å². The number of halogens is 1. The molecule has 2 saturated heterocycles. The maximum Gasteiger partial charge on any atom is 0.228 e. The van der Waals surface area contributed by atoms with Crippen molar-refractivity contribution in [3.05, 3.63) is 0 Å². The third-order valence-corrected chi connectivity index (χ3v) is 4.50. The summed E-state index contributed by atoms with van der Waals surface area (Å²) >= 11 is 0. The maximum atomic E-state index is 12.2. The highest BCUT2D eigenvalue weighted by atomic mass is 35.5. The molecule has 0 radical (unpaired) electrons. The molecule has 17 heavy (non-hydrogen) atoms. The van der Waals surface area contributed by atoms with Gasteiger partial charge < -0.3 is 15.4 Å². The number of ether oxygens (including phenoxy) is 1. The Hall–Kier alpha value is -0.320. The van der Waals surface area contributed by atoms with E-state index in [-0.39, 0.29) is 18.3 Å². The first-order valence-corrected chi connectivity index (χ1v) is 6.38. The van der Waals surface area contributed by atoms with Crippen molar-refractivity contribution in [3.8, 4) is 0 Å². The largest absolute Gasteiger partial charge is 0.381 e. The molecule has 4 nitrogen and oxygen atoms in total. The molecule has 1 aliphatic carbocycles.